The second-order valence-electron chi connectivity index (χ2n) is 4.16. The Morgan fingerprint density at radius 2 is 2.17 bits per heavy atom. The van der Waals surface area contributed by atoms with Crippen LogP contribution < -0.4 is 5.32 Å². The average molecular weight is 267 g/mol. The van der Waals surface area contributed by atoms with E-state index in [9.17, 15) is 0 Å². The van der Waals surface area contributed by atoms with Gasteiger partial charge in [-0.15, -0.1) is 0 Å². The molecule has 1 N–H and O–H groups in total. The molecule has 5 nitrogen and oxygen atoms in total. The van der Waals surface area contributed by atoms with Crippen LogP contribution in [0.3, 0.4) is 0 Å². The highest BCUT2D eigenvalue weighted by atomic mass is 35.5. The fourth-order valence-electron chi connectivity index (χ4n) is 1.53. The Labute approximate surface area is 111 Å². The van der Waals surface area contributed by atoms with E-state index in [1.807, 2.05) is 14.0 Å². The molecule has 0 aromatic carbocycles. The van der Waals surface area contributed by atoms with Gasteiger partial charge < -0.3 is 9.84 Å². The van der Waals surface area contributed by atoms with E-state index in [1.165, 1.54) is 0 Å². The molecule has 0 saturated heterocycles. The first-order valence-corrected chi connectivity index (χ1v) is 6.13. The maximum atomic E-state index is 6.04. The number of likely N-dealkylation sites (N-methyl/N-ethyl adjacent to an activating group) is 1. The largest absolute Gasteiger partial charge is 0.339 e. The van der Waals surface area contributed by atoms with E-state index in [-0.39, 0.29) is 12.0 Å². The first-order chi connectivity index (χ1) is 8.63. The minimum atomic E-state index is 0.124. The van der Waals surface area contributed by atoms with E-state index in [4.69, 9.17) is 16.1 Å². The SMILES string of the molecule is CNC(C)C(C)c1nc(-c2ncccc2Cl)no1. The van der Waals surface area contributed by atoms with Gasteiger partial charge in [0.25, 0.3) is 0 Å². The normalized spacial score (nSPS) is 14.4. The molecule has 96 valence electrons. The van der Waals surface area contributed by atoms with Crippen molar-refractivity contribution in [2.45, 2.75) is 25.8 Å². The van der Waals surface area contributed by atoms with E-state index in [0.29, 0.717) is 22.4 Å². The molecule has 0 aliphatic rings. The molecule has 0 fully saturated rings. The third kappa shape index (κ3) is 2.52. The standard InChI is InChI=1S/C12H15ClN4O/c1-7(8(2)14-3)12-16-11(17-18-12)10-9(13)5-4-6-15-10/h4-8,14H,1-3H3. The number of aromatic nitrogens is 3. The summed E-state index contributed by atoms with van der Waals surface area (Å²) in [5.41, 5.74) is 0.540. The molecular formula is C12H15ClN4O. The zero-order valence-electron chi connectivity index (χ0n) is 10.5. The Balaban J connectivity index is 2.29. The van der Waals surface area contributed by atoms with Gasteiger partial charge in [0.05, 0.1) is 10.9 Å². The number of rotatable bonds is 4. The Morgan fingerprint density at radius 1 is 1.39 bits per heavy atom. The molecule has 18 heavy (non-hydrogen) atoms. The fraction of sp³-hybridized carbons (Fsp3) is 0.417. The van der Waals surface area contributed by atoms with Gasteiger partial charge in [-0.05, 0) is 26.1 Å². The highest BCUT2D eigenvalue weighted by molar-refractivity contribution is 6.32. The van der Waals surface area contributed by atoms with Crippen LogP contribution in [0.1, 0.15) is 25.7 Å². The van der Waals surface area contributed by atoms with Gasteiger partial charge in [-0.25, -0.2) is 0 Å². The van der Waals surface area contributed by atoms with Crippen LogP contribution in [0.5, 0.6) is 0 Å². The van der Waals surface area contributed by atoms with Gasteiger partial charge in [0, 0.05) is 12.2 Å². The summed E-state index contributed by atoms with van der Waals surface area (Å²) in [6.07, 6.45) is 1.65. The van der Waals surface area contributed by atoms with Crippen LogP contribution in [-0.4, -0.2) is 28.2 Å². The quantitative estimate of drug-likeness (QED) is 0.921. The molecule has 2 rings (SSSR count). The van der Waals surface area contributed by atoms with Crippen molar-refractivity contribution >= 4 is 11.6 Å². The van der Waals surface area contributed by atoms with Gasteiger partial charge in [-0.3, -0.25) is 4.98 Å². The third-order valence-corrected chi connectivity index (χ3v) is 3.31. The van der Waals surface area contributed by atoms with E-state index in [0.717, 1.165) is 0 Å². The minimum Gasteiger partial charge on any atom is -0.339 e. The van der Waals surface area contributed by atoms with Gasteiger partial charge in [-0.1, -0.05) is 23.7 Å². The summed E-state index contributed by atoms with van der Waals surface area (Å²) < 4.78 is 5.26. The minimum absolute atomic E-state index is 0.124. The number of nitrogens with zero attached hydrogens (tertiary/aromatic N) is 3. The van der Waals surface area contributed by atoms with Crippen LogP contribution in [-0.2, 0) is 0 Å². The van der Waals surface area contributed by atoms with E-state index < -0.39 is 0 Å². The van der Waals surface area contributed by atoms with Crippen LogP contribution in [0.2, 0.25) is 5.02 Å². The van der Waals surface area contributed by atoms with Crippen molar-refractivity contribution in [3.8, 4) is 11.5 Å². The van der Waals surface area contributed by atoms with Crippen LogP contribution in [0.25, 0.3) is 11.5 Å². The number of halogens is 1. The third-order valence-electron chi connectivity index (χ3n) is 3.01. The fourth-order valence-corrected chi connectivity index (χ4v) is 1.74. The van der Waals surface area contributed by atoms with Crippen molar-refractivity contribution in [1.29, 1.82) is 0 Å². The van der Waals surface area contributed by atoms with Gasteiger partial charge in [0.1, 0.15) is 5.69 Å². The maximum Gasteiger partial charge on any atom is 0.231 e. The van der Waals surface area contributed by atoms with Crippen LogP contribution in [0.4, 0.5) is 0 Å². The van der Waals surface area contributed by atoms with Gasteiger partial charge in [-0.2, -0.15) is 4.98 Å². The van der Waals surface area contributed by atoms with Crippen LogP contribution in [0.15, 0.2) is 22.9 Å². The van der Waals surface area contributed by atoms with Crippen molar-refractivity contribution in [2.75, 3.05) is 7.05 Å². The summed E-state index contributed by atoms with van der Waals surface area (Å²) >= 11 is 6.04. The summed E-state index contributed by atoms with van der Waals surface area (Å²) in [5, 5.41) is 7.59. The van der Waals surface area contributed by atoms with E-state index in [1.54, 1.807) is 18.3 Å². The number of nitrogens with one attached hydrogen (secondary N) is 1. The second kappa shape index (κ2) is 5.46. The lowest BCUT2D eigenvalue weighted by molar-refractivity contribution is 0.336. The molecule has 0 amide bonds. The van der Waals surface area contributed by atoms with Gasteiger partial charge in [0.2, 0.25) is 11.7 Å². The summed E-state index contributed by atoms with van der Waals surface area (Å²) in [6, 6.07) is 3.76. The Bertz CT molecular complexity index is 528. The molecule has 6 heteroatoms. The first-order valence-electron chi connectivity index (χ1n) is 5.75. The maximum absolute atomic E-state index is 6.04. The van der Waals surface area contributed by atoms with Crippen molar-refractivity contribution in [2.24, 2.45) is 0 Å². The van der Waals surface area contributed by atoms with Crippen molar-refractivity contribution < 1.29 is 4.52 Å². The molecule has 0 aliphatic carbocycles. The average Bonchev–Trinajstić information content (AvgIpc) is 2.87. The lowest BCUT2D eigenvalue weighted by Gasteiger charge is -2.14. The lowest BCUT2D eigenvalue weighted by Crippen LogP contribution is -2.27. The molecule has 0 radical (unpaired) electrons. The molecule has 0 spiro atoms. The summed E-state index contributed by atoms with van der Waals surface area (Å²) in [7, 11) is 1.90. The molecule has 0 aliphatic heterocycles. The smallest absolute Gasteiger partial charge is 0.231 e. The Morgan fingerprint density at radius 3 is 2.83 bits per heavy atom. The first kappa shape index (κ1) is 13.0. The summed E-state index contributed by atoms with van der Waals surface area (Å²) in [6.45, 7) is 4.08. The molecule has 0 bridgehead atoms. The molecule has 2 aromatic rings. The molecule has 2 heterocycles. The molecule has 0 saturated carbocycles. The molecular weight excluding hydrogens is 252 g/mol. The predicted molar refractivity (Wildman–Crippen MR) is 69.5 cm³/mol. The van der Waals surface area contributed by atoms with Crippen molar-refractivity contribution in [3.05, 3.63) is 29.2 Å². The Kier molecular flexibility index (Phi) is 3.93. The lowest BCUT2D eigenvalue weighted by atomic mass is 10.0. The van der Waals surface area contributed by atoms with Crippen LogP contribution in [0, 0.1) is 0 Å². The molecule has 2 aromatic heterocycles. The van der Waals surface area contributed by atoms with E-state index >= 15 is 0 Å². The van der Waals surface area contributed by atoms with Gasteiger partial charge >= 0.3 is 0 Å². The second-order valence-corrected chi connectivity index (χ2v) is 4.56. The van der Waals surface area contributed by atoms with Crippen molar-refractivity contribution in [3.63, 3.8) is 0 Å². The number of pyridine rings is 1. The topological polar surface area (TPSA) is 63.8 Å². The zero-order valence-corrected chi connectivity index (χ0v) is 11.3. The number of hydrogen-bond acceptors (Lipinski definition) is 5. The number of hydrogen-bond donors (Lipinski definition) is 1. The highest BCUT2D eigenvalue weighted by Gasteiger charge is 2.21. The summed E-state index contributed by atoms with van der Waals surface area (Å²) in [5.74, 6) is 1.12. The van der Waals surface area contributed by atoms with E-state index in [2.05, 4.69) is 27.4 Å². The zero-order chi connectivity index (χ0) is 13.1. The molecule has 2 unspecified atom stereocenters. The molecule has 2 atom stereocenters. The Hall–Kier alpha value is -1.46. The van der Waals surface area contributed by atoms with Crippen molar-refractivity contribution in [1.82, 2.24) is 20.4 Å². The monoisotopic (exact) mass is 266 g/mol. The highest BCUT2D eigenvalue weighted by Crippen LogP contribution is 2.25. The van der Waals surface area contributed by atoms with Crippen LogP contribution >= 0.6 is 11.6 Å². The van der Waals surface area contributed by atoms with Gasteiger partial charge in [0.15, 0.2) is 0 Å². The summed E-state index contributed by atoms with van der Waals surface area (Å²) in [4.78, 5) is 8.50. The predicted octanol–water partition coefficient (Wildman–Crippen LogP) is 2.50.